The van der Waals surface area contributed by atoms with E-state index in [4.69, 9.17) is 21.1 Å². The zero-order valence-electron chi connectivity index (χ0n) is 10.8. The number of carbonyl (C=O) groups excluding carboxylic acids is 1. The molecule has 1 rings (SSSR count). The first-order valence-corrected chi connectivity index (χ1v) is 6.18. The normalized spacial score (nSPS) is 12.0. The van der Waals surface area contributed by atoms with Gasteiger partial charge in [-0.15, -0.1) is 0 Å². The maximum absolute atomic E-state index is 11.4. The quantitative estimate of drug-likeness (QED) is 0.807. The van der Waals surface area contributed by atoms with Crippen LogP contribution in [0, 0.1) is 0 Å². The number of nitrogens with one attached hydrogen (secondary N) is 1. The van der Waals surface area contributed by atoms with Gasteiger partial charge in [0.1, 0.15) is 11.8 Å². The van der Waals surface area contributed by atoms with Crippen LogP contribution in [0.2, 0.25) is 5.02 Å². The summed E-state index contributed by atoms with van der Waals surface area (Å²) in [6.07, 6.45) is 0. The molecule has 0 aliphatic rings. The number of rotatable bonds is 6. The van der Waals surface area contributed by atoms with Gasteiger partial charge in [0.15, 0.2) is 0 Å². The van der Waals surface area contributed by atoms with Crippen LogP contribution >= 0.6 is 11.6 Å². The zero-order valence-corrected chi connectivity index (χ0v) is 11.6. The van der Waals surface area contributed by atoms with E-state index in [1.807, 2.05) is 12.1 Å². The van der Waals surface area contributed by atoms with Crippen LogP contribution in [-0.4, -0.2) is 25.7 Å². The molecule has 0 spiro atoms. The Hall–Kier alpha value is -1.26. The number of halogens is 1. The van der Waals surface area contributed by atoms with Gasteiger partial charge in [-0.05, 0) is 31.5 Å². The van der Waals surface area contributed by atoms with Gasteiger partial charge in [0.25, 0.3) is 0 Å². The van der Waals surface area contributed by atoms with E-state index >= 15 is 0 Å². The van der Waals surface area contributed by atoms with E-state index in [0.29, 0.717) is 23.9 Å². The molecule has 4 nitrogen and oxygen atoms in total. The Balaban J connectivity index is 2.53. The molecule has 0 bridgehead atoms. The average molecular weight is 272 g/mol. The van der Waals surface area contributed by atoms with Gasteiger partial charge in [-0.2, -0.15) is 0 Å². The first-order chi connectivity index (χ1) is 8.58. The van der Waals surface area contributed by atoms with Crippen LogP contribution in [-0.2, 0) is 16.1 Å². The number of carbonyl (C=O) groups is 1. The predicted molar refractivity (Wildman–Crippen MR) is 70.9 cm³/mol. The maximum atomic E-state index is 11.4. The Bertz CT molecular complexity index is 409. The van der Waals surface area contributed by atoms with Gasteiger partial charge in [-0.1, -0.05) is 17.7 Å². The van der Waals surface area contributed by atoms with Crippen LogP contribution in [0.1, 0.15) is 19.4 Å². The highest BCUT2D eigenvalue weighted by atomic mass is 35.5. The molecule has 18 heavy (non-hydrogen) atoms. The Labute approximate surface area is 112 Å². The van der Waals surface area contributed by atoms with E-state index < -0.39 is 0 Å². The zero-order chi connectivity index (χ0) is 13.5. The third kappa shape index (κ3) is 4.20. The van der Waals surface area contributed by atoms with E-state index in [0.717, 1.165) is 5.56 Å². The molecule has 0 aromatic heterocycles. The lowest BCUT2D eigenvalue weighted by atomic mass is 10.2. The number of hydrogen-bond acceptors (Lipinski definition) is 4. The first kappa shape index (κ1) is 14.8. The summed E-state index contributed by atoms with van der Waals surface area (Å²) in [7, 11) is 1.57. The van der Waals surface area contributed by atoms with Crippen molar-refractivity contribution in [1.29, 1.82) is 0 Å². The Kier molecular flexibility index (Phi) is 5.95. The summed E-state index contributed by atoms with van der Waals surface area (Å²) >= 11 is 6.01. The van der Waals surface area contributed by atoms with Gasteiger partial charge >= 0.3 is 5.97 Å². The number of methoxy groups -OCH3 is 1. The molecule has 1 unspecified atom stereocenters. The number of ether oxygens (including phenoxy) is 2. The maximum Gasteiger partial charge on any atom is 0.322 e. The fraction of sp³-hybridized carbons (Fsp3) is 0.462. The standard InChI is InChI=1S/C13H18ClNO3/c1-4-18-13(16)9(2)15-8-10-5-6-12(17-3)11(14)7-10/h5-7,9,15H,4,8H2,1-3H3. The topological polar surface area (TPSA) is 47.6 Å². The highest BCUT2D eigenvalue weighted by Crippen LogP contribution is 2.24. The predicted octanol–water partition coefficient (Wildman–Crippen LogP) is 2.39. The smallest absolute Gasteiger partial charge is 0.322 e. The molecule has 0 heterocycles. The molecular weight excluding hydrogens is 254 g/mol. The molecule has 0 aliphatic heterocycles. The van der Waals surface area contributed by atoms with Crippen molar-refractivity contribution in [3.63, 3.8) is 0 Å². The Morgan fingerprint density at radius 1 is 1.50 bits per heavy atom. The molecule has 0 aliphatic carbocycles. The number of esters is 1. The second-order valence-electron chi connectivity index (χ2n) is 3.82. The van der Waals surface area contributed by atoms with E-state index in [1.165, 1.54) is 0 Å². The molecule has 5 heteroatoms. The van der Waals surface area contributed by atoms with Crippen molar-refractivity contribution in [1.82, 2.24) is 5.32 Å². The summed E-state index contributed by atoms with van der Waals surface area (Å²) < 4.78 is 9.97. The van der Waals surface area contributed by atoms with Crippen molar-refractivity contribution in [2.75, 3.05) is 13.7 Å². The van der Waals surface area contributed by atoms with Gasteiger partial charge in [-0.3, -0.25) is 4.79 Å². The second kappa shape index (κ2) is 7.24. The van der Waals surface area contributed by atoms with Crippen LogP contribution in [0.4, 0.5) is 0 Å². The van der Waals surface area contributed by atoms with Crippen LogP contribution in [0.25, 0.3) is 0 Å². The molecule has 0 amide bonds. The first-order valence-electron chi connectivity index (χ1n) is 5.81. The van der Waals surface area contributed by atoms with E-state index in [-0.39, 0.29) is 12.0 Å². The minimum atomic E-state index is -0.342. The molecule has 0 radical (unpaired) electrons. The second-order valence-corrected chi connectivity index (χ2v) is 4.23. The van der Waals surface area contributed by atoms with Crippen molar-refractivity contribution in [2.24, 2.45) is 0 Å². The summed E-state index contributed by atoms with van der Waals surface area (Å²) in [4.78, 5) is 11.4. The molecule has 0 fully saturated rings. The van der Waals surface area contributed by atoms with Crippen molar-refractivity contribution in [2.45, 2.75) is 26.4 Å². The van der Waals surface area contributed by atoms with Crippen LogP contribution in [0.5, 0.6) is 5.75 Å². The molecule has 1 atom stereocenters. The van der Waals surface area contributed by atoms with Crippen LogP contribution in [0.3, 0.4) is 0 Å². The highest BCUT2D eigenvalue weighted by molar-refractivity contribution is 6.32. The average Bonchev–Trinajstić information content (AvgIpc) is 2.36. The molecule has 0 saturated carbocycles. The Morgan fingerprint density at radius 2 is 2.22 bits per heavy atom. The molecule has 1 N–H and O–H groups in total. The number of benzene rings is 1. The number of hydrogen-bond donors (Lipinski definition) is 1. The SMILES string of the molecule is CCOC(=O)C(C)NCc1ccc(OC)c(Cl)c1. The minimum absolute atomic E-state index is 0.253. The van der Waals surface area contributed by atoms with Crippen LogP contribution < -0.4 is 10.1 Å². The van der Waals surface area contributed by atoms with Gasteiger partial charge in [-0.25, -0.2) is 0 Å². The van der Waals surface area contributed by atoms with Crippen molar-refractivity contribution >= 4 is 17.6 Å². The van der Waals surface area contributed by atoms with Crippen LogP contribution in [0.15, 0.2) is 18.2 Å². The summed E-state index contributed by atoms with van der Waals surface area (Å²) in [5.41, 5.74) is 0.983. The summed E-state index contributed by atoms with van der Waals surface area (Å²) in [5, 5.41) is 3.63. The van der Waals surface area contributed by atoms with Crippen molar-refractivity contribution < 1.29 is 14.3 Å². The van der Waals surface area contributed by atoms with E-state index in [2.05, 4.69) is 5.32 Å². The van der Waals surface area contributed by atoms with Crippen molar-refractivity contribution in [3.8, 4) is 5.75 Å². The highest BCUT2D eigenvalue weighted by Gasteiger charge is 2.13. The van der Waals surface area contributed by atoms with Gasteiger partial charge in [0.05, 0.1) is 18.7 Å². The van der Waals surface area contributed by atoms with E-state index in [1.54, 1.807) is 27.0 Å². The Morgan fingerprint density at radius 3 is 2.78 bits per heavy atom. The third-order valence-corrected chi connectivity index (χ3v) is 2.76. The summed E-state index contributed by atoms with van der Waals surface area (Å²) in [6, 6.07) is 5.17. The molecule has 100 valence electrons. The molecular formula is C13H18ClNO3. The monoisotopic (exact) mass is 271 g/mol. The minimum Gasteiger partial charge on any atom is -0.495 e. The lowest BCUT2D eigenvalue weighted by Crippen LogP contribution is -2.34. The van der Waals surface area contributed by atoms with Gasteiger partial charge in [0.2, 0.25) is 0 Å². The lowest BCUT2D eigenvalue weighted by Gasteiger charge is -2.13. The summed E-state index contributed by atoms with van der Waals surface area (Å²) in [5.74, 6) is 0.385. The summed E-state index contributed by atoms with van der Waals surface area (Å²) in [6.45, 7) is 4.49. The van der Waals surface area contributed by atoms with E-state index in [9.17, 15) is 4.79 Å². The molecule has 1 aromatic carbocycles. The fourth-order valence-corrected chi connectivity index (χ4v) is 1.72. The molecule has 0 saturated heterocycles. The van der Waals surface area contributed by atoms with Crippen molar-refractivity contribution in [3.05, 3.63) is 28.8 Å². The molecule has 1 aromatic rings. The third-order valence-electron chi connectivity index (χ3n) is 2.47. The van der Waals surface area contributed by atoms with Gasteiger partial charge in [0, 0.05) is 6.54 Å². The lowest BCUT2D eigenvalue weighted by molar-refractivity contribution is -0.145. The largest absolute Gasteiger partial charge is 0.495 e. The van der Waals surface area contributed by atoms with Gasteiger partial charge < -0.3 is 14.8 Å². The fourth-order valence-electron chi connectivity index (χ4n) is 1.44.